The van der Waals surface area contributed by atoms with Crippen molar-refractivity contribution in [2.75, 3.05) is 12.0 Å². The molecule has 2 amide bonds. The molecule has 2 aromatic rings. The second kappa shape index (κ2) is 7.08. The van der Waals surface area contributed by atoms with E-state index in [4.69, 9.17) is 16.4 Å². The van der Waals surface area contributed by atoms with Gasteiger partial charge < -0.3 is 5.32 Å². The molecule has 4 rings (SSSR count). The van der Waals surface area contributed by atoms with Crippen molar-refractivity contribution in [1.29, 1.82) is 4.78 Å². The van der Waals surface area contributed by atoms with Gasteiger partial charge in [-0.2, -0.15) is 5.10 Å². The molecule has 7 nitrogen and oxygen atoms in total. The first kappa shape index (κ1) is 18.7. The third kappa shape index (κ3) is 3.46. The van der Waals surface area contributed by atoms with Gasteiger partial charge in [-0.25, -0.2) is 18.5 Å². The summed E-state index contributed by atoms with van der Waals surface area (Å²) >= 11 is 6.06. The molecule has 3 N–H and O–H groups in total. The molecular formula is C17H21ClN5O2PS. The Labute approximate surface area is 165 Å². The van der Waals surface area contributed by atoms with Crippen LogP contribution < -0.4 is 10.0 Å². The van der Waals surface area contributed by atoms with Crippen molar-refractivity contribution >= 4 is 42.0 Å². The summed E-state index contributed by atoms with van der Waals surface area (Å²) in [6.07, 6.45) is 7.59. The van der Waals surface area contributed by atoms with E-state index in [9.17, 15) is 9.00 Å². The van der Waals surface area contributed by atoms with Gasteiger partial charge in [-0.05, 0) is 76.2 Å². The van der Waals surface area contributed by atoms with Gasteiger partial charge in [0, 0.05) is 11.9 Å². The summed E-state index contributed by atoms with van der Waals surface area (Å²) in [6.45, 7) is 1.88. The molecule has 0 fully saturated rings. The summed E-state index contributed by atoms with van der Waals surface area (Å²) < 4.78 is 24.6. The Balaban J connectivity index is 1.60. The van der Waals surface area contributed by atoms with Crippen LogP contribution in [0.4, 0.5) is 10.5 Å². The Morgan fingerprint density at radius 3 is 2.44 bits per heavy atom. The predicted octanol–water partition coefficient (Wildman–Crippen LogP) is 3.73. The van der Waals surface area contributed by atoms with Gasteiger partial charge in [-0.15, -0.1) is 0 Å². The number of aromatic nitrogens is 2. The number of hydrogen-bond donors (Lipinski definition) is 3. The zero-order chi connectivity index (χ0) is 19.2. The number of nitrogens with zero attached hydrogens (tertiary/aromatic N) is 2. The fraction of sp³-hybridized carbons (Fsp3) is 0.412. The van der Waals surface area contributed by atoms with E-state index < -0.39 is 15.9 Å². The van der Waals surface area contributed by atoms with Crippen LogP contribution in [-0.2, 0) is 35.6 Å². The molecule has 27 heavy (non-hydrogen) atoms. The lowest BCUT2D eigenvalue weighted by Gasteiger charge is -2.17. The van der Waals surface area contributed by atoms with E-state index in [1.807, 2.05) is 6.66 Å². The topological polar surface area (TPSA) is 99.9 Å². The Morgan fingerprint density at radius 2 is 1.89 bits per heavy atom. The number of amides is 2. The summed E-state index contributed by atoms with van der Waals surface area (Å²) in [5.74, 6) is 0. The van der Waals surface area contributed by atoms with Gasteiger partial charge in [-0.1, -0.05) is 17.7 Å². The number of nitrogens with one attached hydrogen (secondary N) is 3. The summed E-state index contributed by atoms with van der Waals surface area (Å²) in [4.78, 5) is 12.6. The summed E-state index contributed by atoms with van der Waals surface area (Å²) in [5, 5.41) is 6.95. The number of hydrogen-bond acceptors (Lipinski definition) is 4. The number of urea groups is 1. The minimum absolute atomic E-state index is 0.114. The number of halogens is 1. The highest BCUT2D eigenvalue weighted by Crippen LogP contribution is 2.38. The molecule has 0 bridgehead atoms. The van der Waals surface area contributed by atoms with Crippen molar-refractivity contribution < 1.29 is 9.00 Å². The third-order valence-electron chi connectivity index (χ3n) is 5.09. The fourth-order valence-corrected chi connectivity index (χ4v) is 5.94. The first-order valence-corrected chi connectivity index (χ1v) is 12.2. The van der Waals surface area contributed by atoms with E-state index in [0.717, 1.165) is 44.2 Å². The standard InChI is InChI=1S/C17H21ClN5O2PS/c1-26-23-9-14(18)16(21-23)27(19,25)22-17(24)20-15-12-6-2-4-10(12)8-11-5-3-7-13(11)15/h8-9,26H,2-7H2,1H3,(H3,19,20,22,24,25). The molecule has 0 saturated heterocycles. The van der Waals surface area contributed by atoms with Crippen LogP contribution in [0.3, 0.4) is 0 Å². The van der Waals surface area contributed by atoms with Crippen LogP contribution in [0.5, 0.6) is 0 Å². The first-order chi connectivity index (χ1) is 12.9. The lowest BCUT2D eigenvalue weighted by atomic mass is 9.99. The summed E-state index contributed by atoms with van der Waals surface area (Å²) in [5.41, 5.74) is 5.79. The van der Waals surface area contributed by atoms with E-state index in [2.05, 4.69) is 21.2 Å². The number of carbonyl (C=O) groups is 1. The fourth-order valence-electron chi connectivity index (χ4n) is 3.93. The van der Waals surface area contributed by atoms with E-state index in [0.29, 0.717) is 8.73 Å². The van der Waals surface area contributed by atoms with Gasteiger partial charge in [0.25, 0.3) is 0 Å². The number of aryl methyl sites for hydroxylation is 2. The monoisotopic (exact) mass is 425 g/mol. The van der Waals surface area contributed by atoms with Gasteiger partial charge >= 0.3 is 6.03 Å². The number of carbonyl (C=O) groups excluding carboxylic acids is 1. The van der Waals surface area contributed by atoms with Crippen LogP contribution in [0.15, 0.2) is 17.3 Å². The van der Waals surface area contributed by atoms with E-state index >= 15 is 0 Å². The maximum atomic E-state index is 12.7. The van der Waals surface area contributed by atoms with E-state index in [-0.39, 0.29) is 10.0 Å². The quantitative estimate of drug-likeness (QED) is 0.650. The van der Waals surface area contributed by atoms with Crippen molar-refractivity contribution in [2.24, 2.45) is 0 Å². The Hall–Kier alpha value is -1.63. The first-order valence-electron chi connectivity index (χ1n) is 8.86. The minimum atomic E-state index is -3.65. The lowest BCUT2D eigenvalue weighted by Crippen LogP contribution is -2.34. The van der Waals surface area contributed by atoms with Crippen molar-refractivity contribution in [3.8, 4) is 0 Å². The number of rotatable bonds is 4. The average molecular weight is 426 g/mol. The van der Waals surface area contributed by atoms with Gasteiger partial charge in [-0.3, -0.25) is 4.45 Å². The lowest BCUT2D eigenvalue weighted by molar-refractivity contribution is 0.256. The Morgan fingerprint density at radius 1 is 1.26 bits per heavy atom. The molecule has 1 heterocycles. The average Bonchev–Trinajstić information content (AvgIpc) is 3.32. The van der Waals surface area contributed by atoms with Crippen LogP contribution in [0.25, 0.3) is 0 Å². The highest BCUT2D eigenvalue weighted by Gasteiger charge is 2.27. The maximum Gasteiger partial charge on any atom is 0.332 e. The van der Waals surface area contributed by atoms with Crippen LogP contribution >= 0.6 is 20.3 Å². The molecule has 10 heteroatoms. The molecule has 0 aliphatic heterocycles. The smallest absolute Gasteiger partial charge is 0.307 e. The molecule has 0 spiro atoms. The van der Waals surface area contributed by atoms with Crippen molar-refractivity contribution in [1.82, 2.24) is 14.3 Å². The molecule has 2 atom stereocenters. The van der Waals surface area contributed by atoms with Gasteiger partial charge in [0.05, 0.1) is 5.02 Å². The Bertz CT molecular complexity index is 1000. The minimum Gasteiger partial charge on any atom is -0.307 e. The van der Waals surface area contributed by atoms with Crippen LogP contribution in [0, 0.1) is 4.78 Å². The molecular weight excluding hydrogens is 405 g/mol. The molecule has 2 aliphatic carbocycles. The van der Waals surface area contributed by atoms with Crippen LogP contribution in [-0.4, -0.2) is 26.5 Å². The number of fused-ring (bicyclic) bond motifs is 2. The second-order valence-electron chi connectivity index (χ2n) is 6.80. The Kier molecular flexibility index (Phi) is 4.91. The molecule has 1 aromatic heterocycles. The third-order valence-corrected chi connectivity index (χ3v) is 7.48. The largest absolute Gasteiger partial charge is 0.332 e. The molecule has 0 saturated carbocycles. The molecule has 2 aliphatic rings. The summed E-state index contributed by atoms with van der Waals surface area (Å²) in [6, 6.07) is 1.62. The SMILES string of the molecule is CPn1cc(Cl)c(S(=N)(=O)NC(=O)Nc2c3c(cc4c2CCC4)CCC3)n1. The summed E-state index contributed by atoms with van der Waals surface area (Å²) in [7, 11) is -3.36. The zero-order valence-electron chi connectivity index (χ0n) is 14.9. The molecule has 0 radical (unpaired) electrons. The van der Waals surface area contributed by atoms with Gasteiger partial charge in [0.2, 0.25) is 0 Å². The predicted molar refractivity (Wildman–Crippen MR) is 109 cm³/mol. The number of benzene rings is 1. The highest BCUT2D eigenvalue weighted by molar-refractivity contribution is 7.91. The van der Waals surface area contributed by atoms with E-state index in [1.54, 1.807) is 0 Å². The van der Waals surface area contributed by atoms with Crippen molar-refractivity contribution in [2.45, 2.75) is 43.6 Å². The van der Waals surface area contributed by atoms with Crippen LogP contribution in [0.2, 0.25) is 5.02 Å². The maximum absolute atomic E-state index is 12.7. The second-order valence-corrected chi connectivity index (χ2v) is 9.81. The molecule has 1 aromatic carbocycles. The van der Waals surface area contributed by atoms with Crippen LogP contribution in [0.1, 0.15) is 35.1 Å². The van der Waals surface area contributed by atoms with E-state index in [1.165, 1.54) is 32.9 Å². The van der Waals surface area contributed by atoms with Crippen molar-refractivity contribution in [3.63, 3.8) is 0 Å². The van der Waals surface area contributed by atoms with Gasteiger partial charge in [0.1, 0.15) is 0 Å². The normalized spacial score (nSPS) is 17.7. The van der Waals surface area contributed by atoms with Gasteiger partial charge in [0.15, 0.2) is 14.9 Å². The molecule has 144 valence electrons. The highest BCUT2D eigenvalue weighted by atomic mass is 35.5. The molecule has 2 unspecified atom stereocenters. The van der Waals surface area contributed by atoms with Crippen molar-refractivity contribution in [3.05, 3.63) is 39.5 Å². The number of anilines is 1. The zero-order valence-corrected chi connectivity index (χ0v) is 17.5.